The van der Waals surface area contributed by atoms with Crippen LogP contribution in [0.15, 0.2) is 57.5 Å². The van der Waals surface area contributed by atoms with E-state index in [2.05, 4.69) is 26.1 Å². The molecule has 0 saturated heterocycles. The summed E-state index contributed by atoms with van der Waals surface area (Å²) in [6.07, 6.45) is 1.04. The molecule has 0 spiro atoms. The maximum atomic E-state index is 12.3. The molecule has 1 heterocycles. The van der Waals surface area contributed by atoms with Crippen molar-refractivity contribution in [2.75, 3.05) is 13.7 Å². The molecule has 0 aliphatic carbocycles. The quantitative estimate of drug-likeness (QED) is 0.474. The monoisotopic (exact) mass is 443 g/mol. The van der Waals surface area contributed by atoms with Crippen LogP contribution in [0.3, 0.4) is 0 Å². The molecule has 0 saturated carbocycles. The van der Waals surface area contributed by atoms with Crippen molar-refractivity contribution in [2.45, 2.75) is 26.3 Å². The third-order valence-electron chi connectivity index (χ3n) is 4.17. The standard InChI is InChI=1S/C21H22BrN3O3/c1-15-8-10-18(11-9-15)27-12-4-7-20(26)25(2)14-19-23-21(24-28-19)16-5-3-6-17(22)13-16/h3,5-6,8-11,13H,4,7,12,14H2,1-2H3. The van der Waals surface area contributed by atoms with E-state index in [1.807, 2.05) is 55.5 Å². The average Bonchev–Trinajstić information content (AvgIpc) is 3.15. The third-order valence-corrected chi connectivity index (χ3v) is 4.67. The van der Waals surface area contributed by atoms with Crippen LogP contribution in [0.4, 0.5) is 0 Å². The lowest BCUT2D eigenvalue weighted by molar-refractivity contribution is -0.131. The summed E-state index contributed by atoms with van der Waals surface area (Å²) in [6, 6.07) is 15.5. The number of carbonyl (C=O) groups excluding carboxylic acids is 1. The molecule has 3 aromatic rings. The molecule has 7 heteroatoms. The number of rotatable bonds is 8. The number of ether oxygens (including phenoxy) is 1. The molecule has 0 aliphatic rings. The Bertz CT molecular complexity index is 925. The molecule has 1 amide bonds. The van der Waals surface area contributed by atoms with Crippen LogP contribution >= 0.6 is 15.9 Å². The van der Waals surface area contributed by atoms with Gasteiger partial charge in [0, 0.05) is 23.5 Å². The Morgan fingerprint density at radius 1 is 1.21 bits per heavy atom. The molecule has 2 aromatic carbocycles. The smallest absolute Gasteiger partial charge is 0.246 e. The first-order valence-corrected chi connectivity index (χ1v) is 9.82. The molecule has 6 nitrogen and oxygen atoms in total. The van der Waals surface area contributed by atoms with Crippen molar-refractivity contribution in [3.63, 3.8) is 0 Å². The van der Waals surface area contributed by atoms with E-state index in [0.717, 1.165) is 15.8 Å². The summed E-state index contributed by atoms with van der Waals surface area (Å²) in [6.45, 7) is 2.80. The second kappa shape index (κ2) is 9.50. The van der Waals surface area contributed by atoms with Gasteiger partial charge in [-0.3, -0.25) is 4.79 Å². The van der Waals surface area contributed by atoms with Crippen LogP contribution in [-0.4, -0.2) is 34.6 Å². The SMILES string of the molecule is Cc1ccc(OCCCC(=O)N(C)Cc2nc(-c3cccc(Br)c3)no2)cc1. The van der Waals surface area contributed by atoms with Crippen molar-refractivity contribution in [3.8, 4) is 17.1 Å². The van der Waals surface area contributed by atoms with Gasteiger partial charge in [0.05, 0.1) is 13.2 Å². The van der Waals surface area contributed by atoms with Crippen LogP contribution in [-0.2, 0) is 11.3 Å². The van der Waals surface area contributed by atoms with Gasteiger partial charge in [-0.2, -0.15) is 4.98 Å². The molecule has 146 valence electrons. The number of hydrogen-bond donors (Lipinski definition) is 0. The van der Waals surface area contributed by atoms with Crippen molar-refractivity contribution in [1.82, 2.24) is 15.0 Å². The molecule has 28 heavy (non-hydrogen) atoms. The van der Waals surface area contributed by atoms with Crippen LogP contribution < -0.4 is 4.74 Å². The molecular formula is C21H22BrN3O3. The summed E-state index contributed by atoms with van der Waals surface area (Å²) >= 11 is 3.42. The zero-order valence-corrected chi connectivity index (χ0v) is 17.5. The Kier molecular flexibility index (Phi) is 6.81. The van der Waals surface area contributed by atoms with Gasteiger partial charge in [-0.05, 0) is 37.6 Å². The molecule has 0 aliphatic heterocycles. The summed E-state index contributed by atoms with van der Waals surface area (Å²) in [5.74, 6) is 1.73. The van der Waals surface area contributed by atoms with E-state index in [0.29, 0.717) is 31.2 Å². The fourth-order valence-electron chi connectivity index (χ4n) is 2.59. The number of aryl methyl sites for hydroxylation is 1. The number of amides is 1. The number of halogens is 1. The highest BCUT2D eigenvalue weighted by molar-refractivity contribution is 9.10. The number of hydrogen-bond acceptors (Lipinski definition) is 5. The summed E-state index contributed by atoms with van der Waals surface area (Å²) in [5.41, 5.74) is 2.04. The van der Waals surface area contributed by atoms with Crippen molar-refractivity contribution in [2.24, 2.45) is 0 Å². The van der Waals surface area contributed by atoms with E-state index in [9.17, 15) is 4.79 Å². The van der Waals surface area contributed by atoms with Gasteiger partial charge in [-0.1, -0.05) is 50.9 Å². The zero-order chi connectivity index (χ0) is 19.9. The fourth-order valence-corrected chi connectivity index (χ4v) is 2.99. The summed E-state index contributed by atoms with van der Waals surface area (Å²) in [7, 11) is 1.73. The van der Waals surface area contributed by atoms with Gasteiger partial charge < -0.3 is 14.2 Å². The van der Waals surface area contributed by atoms with E-state index < -0.39 is 0 Å². The molecule has 0 N–H and O–H groups in total. The molecule has 0 atom stereocenters. The van der Waals surface area contributed by atoms with Gasteiger partial charge in [0.1, 0.15) is 5.75 Å². The normalized spacial score (nSPS) is 10.7. The third kappa shape index (κ3) is 5.66. The second-order valence-corrected chi connectivity index (χ2v) is 7.45. The lowest BCUT2D eigenvalue weighted by Crippen LogP contribution is -2.26. The summed E-state index contributed by atoms with van der Waals surface area (Å²) < 4.78 is 11.9. The number of benzene rings is 2. The van der Waals surface area contributed by atoms with Gasteiger partial charge >= 0.3 is 0 Å². The van der Waals surface area contributed by atoms with Crippen molar-refractivity contribution < 1.29 is 14.1 Å². The maximum absolute atomic E-state index is 12.3. The van der Waals surface area contributed by atoms with Crippen molar-refractivity contribution >= 4 is 21.8 Å². The molecule has 1 aromatic heterocycles. The first-order chi connectivity index (χ1) is 13.5. The molecule has 0 fully saturated rings. The maximum Gasteiger partial charge on any atom is 0.246 e. The Morgan fingerprint density at radius 3 is 2.75 bits per heavy atom. The Hall–Kier alpha value is -2.67. The van der Waals surface area contributed by atoms with Crippen LogP contribution in [0.25, 0.3) is 11.4 Å². The first kappa shape index (κ1) is 20.1. The predicted octanol–water partition coefficient (Wildman–Crippen LogP) is 4.63. The fraction of sp³-hybridized carbons (Fsp3) is 0.286. The summed E-state index contributed by atoms with van der Waals surface area (Å²) in [4.78, 5) is 18.3. The van der Waals surface area contributed by atoms with E-state index in [1.165, 1.54) is 5.56 Å². The Morgan fingerprint density at radius 2 is 2.00 bits per heavy atom. The summed E-state index contributed by atoms with van der Waals surface area (Å²) in [5, 5.41) is 3.99. The van der Waals surface area contributed by atoms with Crippen LogP contribution in [0.2, 0.25) is 0 Å². The van der Waals surface area contributed by atoms with Gasteiger partial charge in [0.2, 0.25) is 17.6 Å². The predicted molar refractivity (Wildman–Crippen MR) is 110 cm³/mol. The van der Waals surface area contributed by atoms with E-state index >= 15 is 0 Å². The molecule has 0 radical (unpaired) electrons. The topological polar surface area (TPSA) is 68.5 Å². The van der Waals surface area contributed by atoms with Crippen LogP contribution in [0.5, 0.6) is 5.75 Å². The minimum Gasteiger partial charge on any atom is -0.494 e. The Labute approximate surface area is 172 Å². The largest absolute Gasteiger partial charge is 0.494 e. The molecule has 0 unspecified atom stereocenters. The van der Waals surface area contributed by atoms with Gasteiger partial charge in [0.15, 0.2) is 0 Å². The van der Waals surface area contributed by atoms with E-state index in [4.69, 9.17) is 9.26 Å². The van der Waals surface area contributed by atoms with Gasteiger partial charge in [-0.15, -0.1) is 0 Å². The Balaban J connectivity index is 1.44. The number of nitrogens with zero attached hydrogens (tertiary/aromatic N) is 3. The van der Waals surface area contributed by atoms with Crippen molar-refractivity contribution in [1.29, 1.82) is 0 Å². The molecular weight excluding hydrogens is 422 g/mol. The molecule has 0 bridgehead atoms. The van der Waals surface area contributed by atoms with Crippen LogP contribution in [0.1, 0.15) is 24.3 Å². The van der Waals surface area contributed by atoms with Gasteiger partial charge in [0.25, 0.3) is 0 Å². The number of carbonyl (C=O) groups is 1. The van der Waals surface area contributed by atoms with Crippen LogP contribution in [0, 0.1) is 6.92 Å². The lowest BCUT2D eigenvalue weighted by atomic mass is 10.2. The zero-order valence-electron chi connectivity index (χ0n) is 15.9. The number of aromatic nitrogens is 2. The molecule has 3 rings (SSSR count). The minimum atomic E-state index is 0.00899. The lowest BCUT2D eigenvalue weighted by Gasteiger charge is -2.14. The van der Waals surface area contributed by atoms with E-state index in [-0.39, 0.29) is 12.5 Å². The van der Waals surface area contributed by atoms with E-state index in [1.54, 1.807) is 11.9 Å². The highest BCUT2D eigenvalue weighted by Gasteiger charge is 2.14. The second-order valence-electron chi connectivity index (χ2n) is 6.54. The van der Waals surface area contributed by atoms with Crippen molar-refractivity contribution in [3.05, 3.63) is 64.5 Å². The highest BCUT2D eigenvalue weighted by Crippen LogP contribution is 2.20. The minimum absolute atomic E-state index is 0.00899. The first-order valence-electron chi connectivity index (χ1n) is 9.03. The highest BCUT2D eigenvalue weighted by atomic mass is 79.9. The average molecular weight is 444 g/mol. The van der Waals surface area contributed by atoms with Gasteiger partial charge in [-0.25, -0.2) is 0 Å².